The third-order valence-corrected chi connectivity index (χ3v) is 5.61. The Labute approximate surface area is 159 Å². The van der Waals surface area contributed by atoms with Crippen molar-refractivity contribution < 1.29 is 4.74 Å². The molecule has 0 atom stereocenters. The SMILES string of the molecule is COc1cccc(-c2nc3ccc4ccccc4c3c3c2CN(C)CC3)c1. The van der Waals surface area contributed by atoms with E-state index < -0.39 is 0 Å². The lowest BCUT2D eigenvalue weighted by atomic mass is 9.89. The van der Waals surface area contributed by atoms with Crippen LogP contribution in [0.5, 0.6) is 5.75 Å². The zero-order valence-electron chi connectivity index (χ0n) is 15.7. The van der Waals surface area contributed by atoms with Crippen molar-refractivity contribution in [3.8, 4) is 17.0 Å². The Balaban J connectivity index is 1.87. The summed E-state index contributed by atoms with van der Waals surface area (Å²) in [6, 6.07) is 21.2. The van der Waals surface area contributed by atoms with Crippen LogP contribution < -0.4 is 4.74 Å². The Morgan fingerprint density at radius 1 is 0.963 bits per heavy atom. The Kier molecular flexibility index (Phi) is 3.83. The molecule has 0 amide bonds. The number of pyridine rings is 1. The van der Waals surface area contributed by atoms with Crippen LogP contribution in [0.15, 0.2) is 60.7 Å². The number of hydrogen-bond acceptors (Lipinski definition) is 3. The maximum atomic E-state index is 5.45. The smallest absolute Gasteiger partial charge is 0.119 e. The van der Waals surface area contributed by atoms with Gasteiger partial charge >= 0.3 is 0 Å². The molecule has 0 bridgehead atoms. The fourth-order valence-electron chi connectivity index (χ4n) is 4.26. The lowest BCUT2D eigenvalue weighted by Crippen LogP contribution is -2.27. The number of aromatic nitrogens is 1. The van der Waals surface area contributed by atoms with Crippen LogP contribution in [0, 0.1) is 0 Å². The van der Waals surface area contributed by atoms with Gasteiger partial charge in [0.15, 0.2) is 0 Å². The summed E-state index contributed by atoms with van der Waals surface area (Å²) in [6.45, 7) is 2.00. The van der Waals surface area contributed by atoms with Crippen molar-refractivity contribution in [3.05, 3.63) is 71.8 Å². The monoisotopic (exact) mass is 354 g/mol. The molecule has 1 aliphatic heterocycles. The summed E-state index contributed by atoms with van der Waals surface area (Å²) in [4.78, 5) is 7.52. The molecule has 2 heterocycles. The van der Waals surface area contributed by atoms with Crippen LogP contribution in [-0.2, 0) is 13.0 Å². The van der Waals surface area contributed by atoms with Gasteiger partial charge in [0.1, 0.15) is 5.75 Å². The van der Waals surface area contributed by atoms with Crippen LogP contribution in [0.2, 0.25) is 0 Å². The van der Waals surface area contributed by atoms with E-state index in [9.17, 15) is 0 Å². The third-order valence-electron chi connectivity index (χ3n) is 5.61. The van der Waals surface area contributed by atoms with E-state index in [2.05, 4.69) is 60.5 Å². The molecule has 3 nitrogen and oxygen atoms in total. The summed E-state index contributed by atoms with van der Waals surface area (Å²) in [7, 11) is 3.90. The second-order valence-electron chi connectivity index (χ2n) is 7.32. The summed E-state index contributed by atoms with van der Waals surface area (Å²) in [5.41, 5.74) is 6.08. The molecule has 0 unspecified atom stereocenters. The molecule has 1 aromatic heterocycles. The number of likely N-dealkylation sites (N-methyl/N-ethyl adjacent to an activating group) is 1. The maximum Gasteiger partial charge on any atom is 0.119 e. The molecule has 0 N–H and O–H groups in total. The lowest BCUT2D eigenvalue weighted by Gasteiger charge is -2.28. The van der Waals surface area contributed by atoms with E-state index in [1.807, 2.05) is 12.1 Å². The Hall–Kier alpha value is -2.91. The second-order valence-corrected chi connectivity index (χ2v) is 7.32. The zero-order valence-corrected chi connectivity index (χ0v) is 15.7. The van der Waals surface area contributed by atoms with Gasteiger partial charge < -0.3 is 9.64 Å². The molecule has 1 aliphatic rings. The van der Waals surface area contributed by atoms with Crippen LogP contribution >= 0.6 is 0 Å². The minimum Gasteiger partial charge on any atom is -0.497 e. The molecule has 3 aromatic carbocycles. The molecule has 5 rings (SSSR count). The summed E-state index contributed by atoms with van der Waals surface area (Å²) in [5, 5.41) is 3.91. The van der Waals surface area contributed by atoms with Gasteiger partial charge in [-0.15, -0.1) is 0 Å². The van der Waals surface area contributed by atoms with Gasteiger partial charge in [-0.25, -0.2) is 4.98 Å². The quantitative estimate of drug-likeness (QED) is 0.471. The lowest BCUT2D eigenvalue weighted by molar-refractivity contribution is 0.314. The highest BCUT2D eigenvalue weighted by Gasteiger charge is 2.22. The normalized spacial score (nSPS) is 14.4. The van der Waals surface area contributed by atoms with Gasteiger partial charge in [-0.2, -0.15) is 0 Å². The molecule has 27 heavy (non-hydrogen) atoms. The van der Waals surface area contributed by atoms with E-state index in [0.717, 1.165) is 42.0 Å². The topological polar surface area (TPSA) is 25.4 Å². The predicted octanol–water partition coefficient (Wildman–Crippen LogP) is 5.05. The fraction of sp³-hybridized carbons (Fsp3) is 0.208. The molecule has 0 spiro atoms. The fourth-order valence-corrected chi connectivity index (χ4v) is 4.26. The first-order valence-electron chi connectivity index (χ1n) is 9.41. The van der Waals surface area contributed by atoms with Gasteiger partial charge in [0.2, 0.25) is 0 Å². The molecule has 3 heteroatoms. The number of rotatable bonds is 2. The van der Waals surface area contributed by atoms with Crippen molar-refractivity contribution in [1.29, 1.82) is 0 Å². The number of methoxy groups -OCH3 is 1. The van der Waals surface area contributed by atoms with Crippen molar-refractivity contribution >= 4 is 21.7 Å². The third kappa shape index (κ3) is 2.66. The highest BCUT2D eigenvalue weighted by atomic mass is 16.5. The van der Waals surface area contributed by atoms with E-state index in [-0.39, 0.29) is 0 Å². The first-order chi connectivity index (χ1) is 13.2. The molecule has 134 valence electrons. The van der Waals surface area contributed by atoms with Crippen LogP contribution in [0.1, 0.15) is 11.1 Å². The zero-order chi connectivity index (χ0) is 18.4. The molecule has 0 radical (unpaired) electrons. The Morgan fingerprint density at radius 2 is 1.85 bits per heavy atom. The van der Waals surface area contributed by atoms with E-state index in [4.69, 9.17) is 9.72 Å². The van der Waals surface area contributed by atoms with Gasteiger partial charge in [0.25, 0.3) is 0 Å². The summed E-state index contributed by atoms with van der Waals surface area (Å²) in [6.07, 6.45) is 1.05. The highest BCUT2D eigenvalue weighted by molar-refractivity contribution is 6.09. The van der Waals surface area contributed by atoms with Crippen LogP contribution in [0.3, 0.4) is 0 Å². The van der Waals surface area contributed by atoms with Gasteiger partial charge in [0, 0.05) is 24.0 Å². The minimum atomic E-state index is 0.867. The molecule has 4 aromatic rings. The van der Waals surface area contributed by atoms with Gasteiger partial charge in [-0.1, -0.05) is 42.5 Å². The number of fused-ring (bicyclic) bond motifs is 5. The maximum absolute atomic E-state index is 5.45. The predicted molar refractivity (Wildman–Crippen MR) is 111 cm³/mol. The Bertz CT molecular complexity index is 1170. The number of ether oxygens (including phenoxy) is 1. The molecule has 0 saturated carbocycles. The van der Waals surface area contributed by atoms with Crippen molar-refractivity contribution in [3.63, 3.8) is 0 Å². The molecular weight excluding hydrogens is 332 g/mol. The van der Waals surface area contributed by atoms with Crippen LogP contribution in [-0.4, -0.2) is 30.6 Å². The summed E-state index contributed by atoms with van der Waals surface area (Å²) < 4.78 is 5.45. The van der Waals surface area contributed by atoms with Gasteiger partial charge in [0.05, 0.1) is 18.3 Å². The highest BCUT2D eigenvalue weighted by Crippen LogP contribution is 2.37. The van der Waals surface area contributed by atoms with Crippen molar-refractivity contribution in [1.82, 2.24) is 9.88 Å². The Morgan fingerprint density at radius 3 is 2.74 bits per heavy atom. The van der Waals surface area contributed by atoms with E-state index in [1.54, 1.807) is 7.11 Å². The van der Waals surface area contributed by atoms with Crippen LogP contribution in [0.25, 0.3) is 32.9 Å². The first kappa shape index (κ1) is 16.3. The number of benzene rings is 3. The molecule has 0 aliphatic carbocycles. The van der Waals surface area contributed by atoms with Crippen molar-refractivity contribution in [2.45, 2.75) is 13.0 Å². The largest absolute Gasteiger partial charge is 0.497 e. The van der Waals surface area contributed by atoms with Gasteiger partial charge in [-0.3, -0.25) is 0 Å². The average Bonchev–Trinajstić information content (AvgIpc) is 2.72. The molecule has 0 saturated heterocycles. The van der Waals surface area contributed by atoms with E-state index in [0.29, 0.717) is 0 Å². The summed E-state index contributed by atoms with van der Waals surface area (Å²) >= 11 is 0. The van der Waals surface area contributed by atoms with Crippen molar-refractivity contribution in [2.75, 3.05) is 20.7 Å². The average molecular weight is 354 g/mol. The van der Waals surface area contributed by atoms with Gasteiger partial charge in [-0.05, 0) is 53.6 Å². The molecular formula is C24H22N2O. The second kappa shape index (κ2) is 6.36. The first-order valence-corrected chi connectivity index (χ1v) is 9.41. The van der Waals surface area contributed by atoms with E-state index in [1.165, 1.54) is 27.3 Å². The number of hydrogen-bond donors (Lipinski definition) is 0. The standard InChI is InChI=1S/C24H22N2O/c1-26-13-12-20-21(15-26)24(17-7-5-8-18(14-17)27-2)25-22-11-10-16-6-3-4-9-19(16)23(20)22/h3-11,14H,12-13,15H2,1-2H3. The van der Waals surface area contributed by atoms with Crippen molar-refractivity contribution in [2.24, 2.45) is 0 Å². The summed E-state index contributed by atoms with van der Waals surface area (Å²) in [5.74, 6) is 0.867. The minimum absolute atomic E-state index is 0.867. The molecule has 0 fully saturated rings. The van der Waals surface area contributed by atoms with Crippen LogP contribution in [0.4, 0.5) is 0 Å². The van der Waals surface area contributed by atoms with E-state index >= 15 is 0 Å². The number of nitrogens with zero attached hydrogens (tertiary/aromatic N) is 2.